The molecule has 1 aromatic heterocycles. The lowest BCUT2D eigenvalue weighted by atomic mass is 10.3. The summed E-state index contributed by atoms with van der Waals surface area (Å²) >= 11 is 7.32. The number of hydrogen-bond donors (Lipinski definition) is 2. The Bertz CT molecular complexity index is 949. The number of carbonyl (C=O) groups is 1. The third-order valence-corrected chi connectivity index (χ3v) is 4.85. The number of nitrogens with zero attached hydrogens (tertiary/aromatic N) is 1. The molecule has 1 aliphatic heterocycles. The fourth-order valence-corrected chi connectivity index (χ4v) is 3.59. The predicted molar refractivity (Wildman–Crippen MR) is 101 cm³/mol. The second kappa shape index (κ2) is 6.89. The number of rotatable bonds is 3. The third-order valence-electron chi connectivity index (χ3n) is 3.68. The molecule has 0 atom stereocenters. The van der Waals surface area contributed by atoms with E-state index >= 15 is 0 Å². The molecule has 0 aliphatic carbocycles. The molecular weight excluding hydrogens is 378 g/mol. The van der Waals surface area contributed by atoms with Crippen LogP contribution in [0.5, 0.6) is 17.2 Å². The van der Waals surface area contributed by atoms with Crippen LogP contribution >= 0.6 is 22.9 Å². The van der Waals surface area contributed by atoms with E-state index in [0.717, 1.165) is 10.2 Å². The zero-order chi connectivity index (χ0) is 18.1. The Hall–Kier alpha value is -2.71. The fraction of sp³-hybridized carbons (Fsp3) is 0.176. The lowest BCUT2D eigenvalue weighted by Gasteiger charge is -2.17. The van der Waals surface area contributed by atoms with Gasteiger partial charge in [-0.05, 0) is 18.2 Å². The summed E-state index contributed by atoms with van der Waals surface area (Å²) in [7, 11) is 1.52. The van der Waals surface area contributed by atoms with Gasteiger partial charge in [0.05, 0.1) is 23.0 Å². The Labute approximate surface area is 157 Å². The Kier molecular flexibility index (Phi) is 4.44. The van der Waals surface area contributed by atoms with Gasteiger partial charge < -0.3 is 19.5 Å². The lowest BCUT2D eigenvalue weighted by molar-refractivity contribution is 0.172. The van der Waals surface area contributed by atoms with Crippen LogP contribution in [0.3, 0.4) is 0 Å². The van der Waals surface area contributed by atoms with Crippen molar-refractivity contribution < 1.29 is 19.0 Å². The molecule has 2 heterocycles. The van der Waals surface area contributed by atoms with Crippen molar-refractivity contribution in [2.75, 3.05) is 31.0 Å². The van der Waals surface area contributed by atoms with Crippen LogP contribution in [0, 0.1) is 0 Å². The van der Waals surface area contributed by atoms with Gasteiger partial charge in [-0.25, -0.2) is 9.78 Å². The highest BCUT2D eigenvalue weighted by Gasteiger charge is 2.16. The highest BCUT2D eigenvalue weighted by Crippen LogP contribution is 2.38. The number of nitrogens with one attached hydrogen (secondary N) is 2. The van der Waals surface area contributed by atoms with Crippen molar-refractivity contribution in [3.05, 3.63) is 35.4 Å². The molecule has 2 amide bonds. The highest BCUT2D eigenvalue weighted by atomic mass is 35.5. The quantitative estimate of drug-likeness (QED) is 0.692. The number of ether oxygens (including phenoxy) is 3. The van der Waals surface area contributed by atoms with Gasteiger partial charge in [-0.15, -0.1) is 0 Å². The number of urea groups is 1. The number of benzene rings is 2. The molecule has 0 saturated heterocycles. The molecule has 0 unspecified atom stereocenters. The molecule has 0 saturated carbocycles. The topological polar surface area (TPSA) is 81.7 Å². The van der Waals surface area contributed by atoms with E-state index in [1.807, 2.05) is 12.1 Å². The molecule has 9 heteroatoms. The smallest absolute Gasteiger partial charge is 0.325 e. The van der Waals surface area contributed by atoms with Crippen molar-refractivity contribution in [1.29, 1.82) is 0 Å². The molecule has 0 radical (unpaired) electrons. The van der Waals surface area contributed by atoms with Crippen molar-refractivity contribution in [1.82, 2.24) is 4.98 Å². The number of hydrogen-bond acceptors (Lipinski definition) is 6. The number of methoxy groups -OCH3 is 1. The minimum absolute atomic E-state index is 0.443. The molecule has 26 heavy (non-hydrogen) atoms. The monoisotopic (exact) mass is 391 g/mol. The zero-order valence-corrected chi connectivity index (χ0v) is 15.2. The molecule has 2 N–H and O–H groups in total. The summed E-state index contributed by atoms with van der Waals surface area (Å²) in [5, 5.41) is 6.38. The lowest BCUT2D eigenvalue weighted by Crippen LogP contribution is -2.19. The number of halogens is 1. The van der Waals surface area contributed by atoms with Gasteiger partial charge in [0.15, 0.2) is 16.6 Å². The number of thiazole rings is 1. The maximum Gasteiger partial charge on any atom is 0.325 e. The third kappa shape index (κ3) is 3.33. The number of carbonyl (C=O) groups excluding carboxylic acids is 1. The van der Waals surface area contributed by atoms with Crippen molar-refractivity contribution in [3.63, 3.8) is 0 Å². The summed E-state index contributed by atoms with van der Waals surface area (Å²) in [5.74, 6) is 1.86. The van der Waals surface area contributed by atoms with Gasteiger partial charge >= 0.3 is 6.03 Å². The highest BCUT2D eigenvalue weighted by molar-refractivity contribution is 7.22. The second-order valence-electron chi connectivity index (χ2n) is 5.41. The van der Waals surface area contributed by atoms with E-state index < -0.39 is 6.03 Å². The number of fused-ring (bicyclic) bond motifs is 2. The molecule has 134 valence electrons. The van der Waals surface area contributed by atoms with Crippen LogP contribution in [0.1, 0.15) is 0 Å². The van der Waals surface area contributed by atoms with Gasteiger partial charge in [0.25, 0.3) is 0 Å². The van der Waals surface area contributed by atoms with Crippen LogP contribution in [-0.4, -0.2) is 31.3 Å². The van der Waals surface area contributed by atoms with Gasteiger partial charge in [-0.3, -0.25) is 5.32 Å². The standard InChI is InChI=1S/C17H14ClN3O4S/c1-23-12-3-2-9(18)6-10(12)19-16(22)21-17-20-11-7-13-14(8-15(11)26-17)25-5-4-24-13/h2-3,6-8H,4-5H2,1H3,(H2,19,20,21,22). The van der Waals surface area contributed by atoms with Gasteiger partial charge in [-0.1, -0.05) is 22.9 Å². The zero-order valence-electron chi connectivity index (χ0n) is 13.7. The van der Waals surface area contributed by atoms with Crippen molar-refractivity contribution in [2.45, 2.75) is 0 Å². The van der Waals surface area contributed by atoms with E-state index in [-0.39, 0.29) is 0 Å². The fourth-order valence-electron chi connectivity index (χ4n) is 2.55. The maximum absolute atomic E-state index is 12.3. The van der Waals surface area contributed by atoms with Gasteiger partial charge in [-0.2, -0.15) is 0 Å². The molecule has 0 spiro atoms. The van der Waals surface area contributed by atoms with Crippen LogP contribution in [0.2, 0.25) is 5.02 Å². The molecule has 0 fully saturated rings. The number of anilines is 2. The molecule has 3 aromatic rings. The molecule has 0 bridgehead atoms. The summed E-state index contributed by atoms with van der Waals surface area (Å²) in [6.45, 7) is 1.03. The molecular formula is C17H14ClN3O4S. The first-order valence-electron chi connectivity index (χ1n) is 7.74. The maximum atomic E-state index is 12.3. The van der Waals surface area contributed by atoms with Crippen molar-refractivity contribution in [3.8, 4) is 17.2 Å². The van der Waals surface area contributed by atoms with E-state index in [9.17, 15) is 4.79 Å². The molecule has 7 nitrogen and oxygen atoms in total. The van der Waals surface area contributed by atoms with Crippen molar-refractivity contribution >= 4 is 50.0 Å². The predicted octanol–water partition coefficient (Wildman–Crippen LogP) is 4.37. The van der Waals surface area contributed by atoms with Crippen LogP contribution in [-0.2, 0) is 0 Å². The average molecular weight is 392 g/mol. The Balaban J connectivity index is 1.53. The van der Waals surface area contributed by atoms with Crippen LogP contribution < -0.4 is 24.8 Å². The average Bonchev–Trinajstić information content (AvgIpc) is 3.00. The van der Waals surface area contributed by atoms with E-state index in [4.69, 9.17) is 25.8 Å². The van der Waals surface area contributed by atoms with E-state index in [1.165, 1.54) is 18.4 Å². The Morgan fingerprint density at radius 1 is 1.19 bits per heavy atom. The first-order valence-corrected chi connectivity index (χ1v) is 8.93. The van der Waals surface area contributed by atoms with Crippen LogP contribution in [0.15, 0.2) is 30.3 Å². The summed E-state index contributed by atoms with van der Waals surface area (Å²) in [4.78, 5) is 16.7. The number of amides is 2. The summed E-state index contributed by atoms with van der Waals surface area (Å²) in [6.07, 6.45) is 0. The van der Waals surface area contributed by atoms with Gasteiger partial charge in [0.2, 0.25) is 0 Å². The SMILES string of the molecule is COc1ccc(Cl)cc1NC(=O)Nc1nc2cc3c(cc2s1)OCCO3. The Morgan fingerprint density at radius 3 is 2.73 bits per heavy atom. The first kappa shape index (κ1) is 16.7. The van der Waals surface area contributed by atoms with E-state index in [2.05, 4.69) is 15.6 Å². The molecule has 4 rings (SSSR count). The normalized spacial score (nSPS) is 12.7. The largest absolute Gasteiger partial charge is 0.495 e. The van der Waals surface area contributed by atoms with Crippen LogP contribution in [0.25, 0.3) is 10.2 Å². The molecule has 1 aliphatic rings. The Morgan fingerprint density at radius 2 is 1.96 bits per heavy atom. The minimum atomic E-state index is -0.443. The van der Waals surface area contributed by atoms with Crippen molar-refractivity contribution in [2.24, 2.45) is 0 Å². The minimum Gasteiger partial charge on any atom is -0.495 e. The summed E-state index contributed by atoms with van der Waals surface area (Å²) in [5.41, 5.74) is 1.20. The summed E-state index contributed by atoms with van der Waals surface area (Å²) < 4.78 is 17.2. The van der Waals surface area contributed by atoms with E-state index in [1.54, 1.807) is 18.2 Å². The molecule has 2 aromatic carbocycles. The first-order chi connectivity index (χ1) is 12.6. The number of aromatic nitrogens is 1. The van der Waals surface area contributed by atoms with Gasteiger partial charge in [0.1, 0.15) is 19.0 Å². The summed E-state index contributed by atoms with van der Waals surface area (Å²) in [6, 6.07) is 8.21. The van der Waals surface area contributed by atoms with E-state index in [0.29, 0.717) is 46.3 Å². The van der Waals surface area contributed by atoms with Gasteiger partial charge in [0, 0.05) is 17.2 Å². The van der Waals surface area contributed by atoms with Crippen LogP contribution in [0.4, 0.5) is 15.6 Å². The second-order valence-corrected chi connectivity index (χ2v) is 6.87.